The molecule has 92 valence electrons. The minimum Gasteiger partial charge on any atom is -0.0831 e. The van der Waals surface area contributed by atoms with Gasteiger partial charge in [-0.25, -0.2) is 0 Å². The van der Waals surface area contributed by atoms with E-state index >= 15 is 0 Å². The Labute approximate surface area is 121 Å². The smallest absolute Gasteiger partial charge is 0.0550 e. The van der Waals surface area contributed by atoms with E-state index in [1.165, 1.54) is 23.3 Å². The summed E-state index contributed by atoms with van der Waals surface area (Å²) in [5.41, 5.74) is 1.50. The summed E-state index contributed by atoms with van der Waals surface area (Å²) in [5, 5.41) is 0.832. The van der Waals surface area contributed by atoms with Gasteiger partial charge < -0.3 is 0 Å². The van der Waals surface area contributed by atoms with E-state index in [1.807, 2.05) is 29.0 Å². The fourth-order valence-corrected chi connectivity index (χ4v) is 4.64. The second-order valence-electron chi connectivity index (χ2n) is 4.41. The molecule has 0 bridgehead atoms. The number of halogens is 1. The lowest BCUT2D eigenvalue weighted by Gasteiger charge is -2.08. The lowest BCUT2D eigenvalue weighted by Crippen LogP contribution is -1.82. The second-order valence-corrected chi connectivity index (χ2v) is 7.03. The monoisotopic (exact) mass is 292 g/mol. The summed E-state index contributed by atoms with van der Waals surface area (Å²) in [6, 6.07) is 16.7. The minimum atomic E-state index is 0.792. The number of hydrogen-bond acceptors (Lipinski definition) is 2. The van der Waals surface area contributed by atoms with Crippen LogP contribution in [0.3, 0.4) is 0 Å². The molecule has 2 aromatic rings. The van der Waals surface area contributed by atoms with Crippen molar-refractivity contribution in [2.24, 2.45) is 0 Å². The summed E-state index contributed by atoms with van der Waals surface area (Å²) >= 11 is 6.17. The van der Waals surface area contributed by atoms with Crippen LogP contribution in [0.2, 0.25) is 5.02 Å². The van der Waals surface area contributed by atoms with Crippen LogP contribution in [0.4, 0.5) is 0 Å². The van der Waals surface area contributed by atoms with Gasteiger partial charge in [-0.05, 0) is 42.5 Å². The average molecular weight is 293 g/mol. The van der Waals surface area contributed by atoms with Crippen LogP contribution in [0.5, 0.6) is 0 Å². The van der Waals surface area contributed by atoms with Crippen molar-refractivity contribution in [3.05, 3.63) is 59.1 Å². The van der Waals surface area contributed by atoms with Crippen LogP contribution in [-0.4, -0.2) is 0 Å². The summed E-state index contributed by atoms with van der Waals surface area (Å²) in [7, 11) is 3.56. The Morgan fingerprint density at radius 2 is 1.44 bits per heavy atom. The molecule has 1 aliphatic rings. The van der Waals surface area contributed by atoms with Crippen LogP contribution in [0.25, 0.3) is 0 Å². The Hall–Kier alpha value is -0.570. The molecule has 0 aromatic heterocycles. The molecule has 1 saturated carbocycles. The van der Waals surface area contributed by atoms with E-state index in [1.54, 1.807) is 10.8 Å². The first-order valence-corrected chi connectivity index (χ1v) is 8.55. The standard InChI is InChI=1S/C15H13ClS2/c16-13-6-2-4-8-15(13)18-17-14-7-3-1-5-12(14)11-9-10-11/h1-8,11H,9-10H2. The minimum absolute atomic E-state index is 0.792. The number of benzene rings is 2. The highest BCUT2D eigenvalue weighted by atomic mass is 35.5. The predicted octanol–water partition coefficient (Wildman–Crippen LogP) is 6.02. The molecule has 0 amide bonds. The third-order valence-electron chi connectivity index (χ3n) is 2.99. The number of hydrogen-bond donors (Lipinski definition) is 0. The van der Waals surface area contributed by atoms with Gasteiger partial charge in [-0.2, -0.15) is 0 Å². The van der Waals surface area contributed by atoms with Gasteiger partial charge in [-0.15, -0.1) is 0 Å². The van der Waals surface area contributed by atoms with Gasteiger partial charge in [-0.1, -0.05) is 63.5 Å². The summed E-state index contributed by atoms with van der Waals surface area (Å²) in [4.78, 5) is 2.51. The largest absolute Gasteiger partial charge is 0.0831 e. The van der Waals surface area contributed by atoms with Gasteiger partial charge in [-0.3, -0.25) is 0 Å². The molecule has 0 nitrogen and oxygen atoms in total. The third-order valence-corrected chi connectivity index (χ3v) is 5.93. The van der Waals surface area contributed by atoms with Gasteiger partial charge in [0.15, 0.2) is 0 Å². The van der Waals surface area contributed by atoms with E-state index in [0.717, 1.165) is 15.8 Å². The van der Waals surface area contributed by atoms with Crippen molar-refractivity contribution in [3.63, 3.8) is 0 Å². The Morgan fingerprint density at radius 1 is 0.833 bits per heavy atom. The highest BCUT2D eigenvalue weighted by molar-refractivity contribution is 8.76. The van der Waals surface area contributed by atoms with E-state index in [-0.39, 0.29) is 0 Å². The fraction of sp³-hybridized carbons (Fsp3) is 0.200. The van der Waals surface area contributed by atoms with E-state index in [2.05, 4.69) is 30.3 Å². The Balaban J connectivity index is 1.75. The molecule has 0 N–H and O–H groups in total. The van der Waals surface area contributed by atoms with Crippen LogP contribution in [0.15, 0.2) is 58.3 Å². The topological polar surface area (TPSA) is 0 Å². The van der Waals surface area contributed by atoms with Gasteiger partial charge in [0.2, 0.25) is 0 Å². The molecule has 0 aliphatic heterocycles. The van der Waals surface area contributed by atoms with Crippen molar-refractivity contribution in [1.82, 2.24) is 0 Å². The molecular weight excluding hydrogens is 280 g/mol. The Bertz CT molecular complexity index is 550. The lowest BCUT2D eigenvalue weighted by molar-refractivity contribution is 1.07. The molecule has 1 fully saturated rings. The molecule has 0 heterocycles. The van der Waals surface area contributed by atoms with E-state index < -0.39 is 0 Å². The maximum atomic E-state index is 6.17. The molecule has 0 saturated heterocycles. The summed E-state index contributed by atoms with van der Waals surface area (Å²) in [6.07, 6.45) is 2.68. The first-order valence-electron chi connectivity index (χ1n) is 6.02. The fourth-order valence-electron chi connectivity index (χ4n) is 1.89. The maximum Gasteiger partial charge on any atom is 0.0550 e. The van der Waals surface area contributed by atoms with Gasteiger partial charge in [0.05, 0.1) is 5.02 Å². The second kappa shape index (κ2) is 5.60. The maximum absolute atomic E-state index is 6.17. The Morgan fingerprint density at radius 3 is 2.17 bits per heavy atom. The first-order chi connectivity index (χ1) is 8.84. The summed E-state index contributed by atoms with van der Waals surface area (Å²) in [5.74, 6) is 0.792. The highest BCUT2D eigenvalue weighted by Crippen LogP contribution is 2.48. The summed E-state index contributed by atoms with van der Waals surface area (Å²) in [6.45, 7) is 0. The third kappa shape index (κ3) is 2.87. The molecule has 3 rings (SSSR count). The van der Waals surface area contributed by atoms with Crippen LogP contribution < -0.4 is 0 Å². The zero-order valence-electron chi connectivity index (χ0n) is 9.80. The van der Waals surface area contributed by atoms with Crippen LogP contribution in [-0.2, 0) is 0 Å². The molecule has 3 heteroatoms. The van der Waals surface area contributed by atoms with Gasteiger partial charge in [0.1, 0.15) is 0 Å². The van der Waals surface area contributed by atoms with Crippen molar-refractivity contribution in [2.75, 3.05) is 0 Å². The van der Waals surface area contributed by atoms with Gasteiger partial charge in [0.25, 0.3) is 0 Å². The van der Waals surface area contributed by atoms with E-state index in [9.17, 15) is 0 Å². The Kier molecular flexibility index (Phi) is 3.88. The van der Waals surface area contributed by atoms with Crippen molar-refractivity contribution in [1.29, 1.82) is 0 Å². The van der Waals surface area contributed by atoms with E-state index in [0.29, 0.717) is 0 Å². The van der Waals surface area contributed by atoms with E-state index in [4.69, 9.17) is 11.6 Å². The summed E-state index contributed by atoms with van der Waals surface area (Å²) < 4.78 is 0. The molecule has 0 unspecified atom stereocenters. The molecule has 1 aliphatic carbocycles. The molecular formula is C15H13ClS2. The molecule has 0 atom stereocenters. The van der Waals surface area contributed by atoms with Crippen LogP contribution >= 0.6 is 33.2 Å². The van der Waals surface area contributed by atoms with Crippen molar-refractivity contribution in [3.8, 4) is 0 Å². The molecule has 2 aromatic carbocycles. The SMILES string of the molecule is Clc1ccccc1SSc1ccccc1C1CC1. The average Bonchev–Trinajstić information content (AvgIpc) is 3.23. The van der Waals surface area contributed by atoms with Gasteiger partial charge >= 0.3 is 0 Å². The highest BCUT2D eigenvalue weighted by Gasteiger charge is 2.25. The first kappa shape index (κ1) is 12.5. The van der Waals surface area contributed by atoms with Crippen molar-refractivity contribution < 1.29 is 0 Å². The van der Waals surface area contributed by atoms with Crippen molar-refractivity contribution in [2.45, 2.75) is 28.6 Å². The van der Waals surface area contributed by atoms with Gasteiger partial charge in [0, 0.05) is 9.79 Å². The predicted molar refractivity (Wildman–Crippen MR) is 81.6 cm³/mol. The van der Waals surface area contributed by atoms with Crippen molar-refractivity contribution >= 4 is 33.2 Å². The molecule has 0 spiro atoms. The lowest BCUT2D eigenvalue weighted by atomic mass is 10.1. The quantitative estimate of drug-likeness (QED) is 0.632. The van der Waals surface area contributed by atoms with Crippen LogP contribution in [0, 0.1) is 0 Å². The van der Waals surface area contributed by atoms with Crippen LogP contribution in [0.1, 0.15) is 24.3 Å². The molecule has 18 heavy (non-hydrogen) atoms. The zero-order valence-corrected chi connectivity index (χ0v) is 12.2. The molecule has 0 radical (unpaired) electrons. The number of rotatable bonds is 4. The zero-order chi connectivity index (χ0) is 12.4. The normalized spacial score (nSPS) is 14.7.